The maximum atomic E-state index is 11.9. The Morgan fingerprint density at radius 3 is 2.76 bits per heavy atom. The lowest BCUT2D eigenvalue weighted by atomic mass is 10.1. The summed E-state index contributed by atoms with van der Waals surface area (Å²) < 4.78 is 5.31. The van der Waals surface area contributed by atoms with Crippen LogP contribution in [0.15, 0.2) is 12.4 Å². The molecule has 0 unspecified atom stereocenters. The summed E-state index contributed by atoms with van der Waals surface area (Å²) in [4.78, 5) is 22.7. The van der Waals surface area contributed by atoms with E-state index in [9.17, 15) is 4.79 Å². The van der Waals surface area contributed by atoms with Crippen molar-refractivity contribution in [3.8, 4) is 0 Å². The van der Waals surface area contributed by atoms with Gasteiger partial charge in [0.15, 0.2) is 0 Å². The molecule has 1 N–H and O–H groups in total. The van der Waals surface area contributed by atoms with E-state index in [1.165, 1.54) is 0 Å². The van der Waals surface area contributed by atoms with Crippen molar-refractivity contribution in [2.45, 2.75) is 52.2 Å². The molecule has 1 atom stereocenters. The SMILES string of the molecule is Cc1nccnc1N1CCC[C@H](NC(=O)OC(C)(C)C)C1. The van der Waals surface area contributed by atoms with Gasteiger partial charge in [0.2, 0.25) is 0 Å². The van der Waals surface area contributed by atoms with E-state index in [1.54, 1.807) is 12.4 Å². The first-order valence-electron chi connectivity index (χ1n) is 7.37. The van der Waals surface area contributed by atoms with Gasteiger partial charge in [-0.15, -0.1) is 0 Å². The third kappa shape index (κ3) is 4.58. The zero-order chi connectivity index (χ0) is 15.5. The van der Waals surface area contributed by atoms with Gasteiger partial charge in [0, 0.05) is 31.5 Å². The second-order valence-corrected chi connectivity index (χ2v) is 6.40. The quantitative estimate of drug-likeness (QED) is 0.905. The molecule has 6 nitrogen and oxygen atoms in total. The van der Waals surface area contributed by atoms with Gasteiger partial charge < -0.3 is 15.0 Å². The molecule has 1 aliphatic heterocycles. The van der Waals surface area contributed by atoms with Crippen molar-refractivity contribution in [3.05, 3.63) is 18.1 Å². The molecule has 0 aromatic carbocycles. The second kappa shape index (κ2) is 6.28. The highest BCUT2D eigenvalue weighted by Crippen LogP contribution is 2.20. The van der Waals surface area contributed by atoms with Gasteiger partial charge in [-0.05, 0) is 40.5 Å². The number of aromatic nitrogens is 2. The average molecular weight is 292 g/mol. The molecule has 1 amide bonds. The molecule has 1 saturated heterocycles. The van der Waals surface area contributed by atoms with Crippen LogP contribution in [-0.4, -0.2) is 40.8 Å². The van der Waals surface area contributed by atoms with Crippen LogP contribution >= 0.6 is 0 Å². The van der Waals surface area contributed by atoms with Crippen LogP contribution in [0.5, 0.6) is 0 Å². The number of anilines is 1. The standard InChI is InChI=1S/C15H24N4O2/c1-11-13(17-8-7-16-11)19-9-5-6-12(10-19)18-14(20)21-15(2,3)4/h7-8,12H,5-6,9-10H2,1-4H3,(H,18,20)/t12-/m0/s1. The number of aryl methyl sites for hydroxylation is 1. The highest BCUT2D eigenvalue weighted by molar-refractivity contribution is 5.68. The smallest absolute Gasteiger partial charge is 0.407 e. The zero-order valence-corrected chi connectivity index (χ0v) is 13.2. The van der Waals surface area contributed by atoms with Crippen molar-refractivity contribution in [2.24, 2.45) is 0 Å². The number of piperidine rings is 1. The number of nitrogens with one attached hydrogen (secondary N) is 1. The first kappa shape index (κ1) is 15.5. The first-order valence-corrected chi connectivity index (χ1v) is 7.37. The number of hydrogen-bond acceptors (Lipinski definition) is 5. The molecule has 0 radical (unpaired) electrons. The lowest BCUT2D eigenvalue weighted by Crippen LogP contribution is -2.49. The number of carbonyl (C=O) groups is 1. The molecule has 0 spiro atoms. The number of carbonyl (C=O) groups excluding carboxylic acids is 1. The summed E-state index contributed by atoms with van der Waals surface area (Å²) >= 11 is 0. The van der Waals surface area contributed by atoms with E-state index < -0.39 is 5.60 Å². The maximum Gasteiger partial charge on any atom is 0.407 e. The largest absolute Gasteiger partial charge is 0.444 e. The summed E-state index contributed by atoms with van der Waals surface area (Å²) in [6, 6.07) is 0.0787. The Labute approximate surface area is 125 Å². The fourth-order valence-electron chi connectivity index (χ4n) is 2.47. The van der Waals surface area contributed by atoms with Gasteiger partial charge in [-0.3, -0.25) is 4.98 Å². The Morgan fingerprint density at radius 1 is 1.38 bits per heavy atom. The predicted octanol–water partition coefficient (Wildman–Crippen LogP) is 2.28. The van der Waals surface area contributed by atoms with Crippen LogP contribution in [0.25, 0.3) is 0 Å². The third-order valence-electron chi connectivity index (χ3n) is 3.30. The molecule has 2 rings (SSSR count). The minimum Gasteiger partial charge on any atom is -0.444 e. The van der Waals surface area contributed by atoms with Crippen LogP contribution in [0, 0.1) is 6.92 Å². The summed E-state index contributed by atoms with van der Waals surface area (Å²) in [6.07, 6.45) is 5.00. The molecule has 116 valence electrons. The van der Waals surface area contributed by atoms with Gasteiger partial charge in [-0.2, -0.15) is 0 Å². The summed E-state index contributed by atoms with van der Waals surface area (Å²) in [7, 11) is 0. The van der Waals surface area contributed by atoms with Crippen molar-refractivity contribution >= 4 is 11.9 Å². The summed E-state index contributed by atoms with van der Waals surface area (Å²) in [5, 5.41) is 2.94. The van der Waals surface area contributed by atoms with Crippen molar-refractivity contribution in [1.82, 2.24) is 15.3 Å². The van der Waals surface area contributed by atoms with Gasteiger partial charge in [-0.25, -0.2) is 9.78 Å². The number of alkyl carbamates (subject to hydrolysis) is 1. The van der Waals surface area contributed by atoms with Gasteiger partial charge in [0.25, 0.3) is 0 Å². The lowest BCUT2D eigenvalue weighted by Gasteiger charge is -2.34. The van der Waals surface area contributed by atoms with Crippen LogP contribution in [0.2, 0.25) is 0 Å². The van der Waals surface area contributed by atoms with Gasteiger partial charge in [0.05, 0.1) is 5.69 Å². The molecule has 6 heteroatoms. The Balaban J connectivity index is 1.95. The Hall–Kier alpha value is -1.85. The van der Waals surface area contributed by atoms with Crippen LogP contribution in [0.4, 0.5) is 10.6 Å². The van der Waals surface area contributed by atoms with Crippen molar-refractivity contribution in [3.63, 3.8) is 0 Å². The molecule has 2 heterocycles. The van der Waals surface area contributed by atoms with Crippen molar-refractivity contribution in [1.29, 1.82) is 0 Å². The summed E-state index contributed by atoms with van der Waals surface area (Å²) in [5.41, 5.74) is 0.440. The minimum absolute atomic E-state index is 0.0787. The number of rotatable bonds is 2. The number of ether oxygens (including phenoxy) is 1. The molecule has 21 heavy (non-hydrogen) atoms. The fraction of sp³-hybridized carbons (Fsp3) is 0.667. The molecule has 0 aliphatic carbocycles. The van der Waals surface area contributed by atoms with E-state index in [0.717, 1.165) is 37.4 Å². The number of nitrogens with zero attached hydrogens (tertiary/aromatic N) is 3. The van der Waals surface area contributed by atoms with E-state index in [1.807, 2.05) is 27.7 Å². The number of amides is 1. The molecular formula is C15H24N4O2. The topological polar surface area (TPSA) is 67.4 Å². The highest BCUT2D eigenvalue weighted by Gasteiger charge is 2.25. The van der Waals surface area contributed by atoms with Crippen LogP contribution in [-0.2, 0) is 4.74 Å². The van der Waals surface area contributed by atoms with E-state index in [4.69, 9.17) is 4.74 Å². The third-order valence-corrected chi connectivity index (χ3v) is 3.30. The van der Waals surface area contributed by atoms with Gasteiger partial charge in [-0.1, -0.05) is 0 Å². The fourth-order valence-corrected chi connectivity index (χ4v) is 2.47. The summed E-state index contributed by atoms with van der Waals surface area (Å²) in [6.45, 7) is 9.21. The predicted molar refractivity (Wildman–Crippen MR) is 81.4 cm³/mol. The molecule has 1 aliphatic rings. The monoisotopic (exact) mass is 292 g/mol. The summed E-state index contributed by atoms with van der Waals surface area (Å²) in [5.74, 6) is 0.896. The van der Waals surface area contributed by atoms with Gasteiger partial charge >= 0.3 is 6.09 Å². The first-order chi connectivity index (χ1) is 9.85. The zero-order valence-electron chi connectivity index (χ0n) is 13.2. The minimum atomic E-state index is -0.472. The van der Waals surface area contributed by atoms with E-state index >= 15 is 0 Å². The van der Waals surface area contributed by atoms with Gasteiger partial charge in [0.1, 0.15) is 11.4 Å². The molecule has 1 aromatic rings. The number of hydrogen-bond donors (Lipinski definition) is 1. The van der Waals surface area contributed by atoms with Crippen molar-refractivity contribution in [2.75, 3.05) is 18.0 Å². The average Bonchev–Trinajstić information content (AvgIpc) is 2.37. The van der Waals surface area contributed by atoms with Crippen molar-refractivity contribution < 1.29 is 9.53 Å². The highest BCUT2D eigenvalue weighted by atomic mass is 16.6. The molecular weight excluding hydrogens is 268 g/mol. The Kier molecular flexibility index (Phi) is 4.65. The Bertz CT molecular complexity index is 499. The Morgan fingerprint density at radius 2 is 2.10 bits per heavy atom. The second-order valence-electron chi connectivity index (χ2n) is 6.40. The molecule has 1 aromatic heterocycles. The molecule has 0 bridgehead atoms. The maximum absolute atomic E-state index is 11.9. The van der Waals surface area contributed by atoms with Crippen LogP contribution < -0.4 is 10.2 Å². The van der Waals surface area contributed by atoms with E-state index in [2.05, 4.69) is 20.2 Å². The van der Waals surface area contributed by atoms with Crippen LogP contribution in [0.3, 0.4) is 0 Å². The van der Waals surface area contributed by atoms with Crippen LogP contribution in [0.1, 0.15) is 39.3 Å². The molecule has 1 fully saturated rings. The molecule has 0 saturated carbocycles. The normalized spacial score (nSPS) is 19.2. The lowest BCUT2D eigenvalue weighted by molar-refractivity contribution is 0.0500. The van der Waals surface area contributed by atoms with E-state index in [0.29, 0.717) is 0 Å². The van der Waals surface area contributed by atoms with E-state index in [-0.39, 0.29) is 12.1 Å².